The minimum absolute atomic E-state index is 0.112. The van der Waals surface area contributed by atoms with Crippen LogP contribution in [0.25, 0.3) is 0 Å². The average Bonchev–Trinajstić information content (AvgIpc) is 2.13. The van der Waals surface area contributed by atoms with Crippen molar-refractivity contribution in [2.45, 2.75) is 18.6 Å². The molecule has 0 radical (unpaired) electrons. The first-order valence-electron chi connectivity index (χ1n) is 4.89. The number of rotatable bonds is 3. The van der Waals surface area contributed by atoms with Gasteiger partial charge in [0.15, 0.2) is 16.3 Å². The van der Waals surface area contributed by atoms with E-state index in [1.54, 1.807) is 0 Å². The maximum absolute atomic E-state index is 10.8. The lowest BCUT2D eigenvalue weighted by atomic mass is 10.4. The van der Waals surface area contributed by atoms with Crippen LogP contribution in [0.2, 0.25) is 0 Å². The quantitative estimate of drug-likeness (QED) is 0.269. The lowest BCUT2D eigenvalue weighted by molar-refractivity contribution is -0.896. The van der Waals surface area contributed by atoms with Crippen molar-refractivity contribution in [3.63, 3.8) is 0 Å². The van der Waals surface area contributed by atoms with E-state index < -0.39 is 15.6 Å². The topological polar surface area (TPSA) is 86.3 Å². The van der Waals surface area contributed by atoms with Crippen LogP contribution < -0.4 is 5.32 Å². The van der Waals surface area contributed by atoms with Gasteiger partial charge in [-0.1, -0.05) is 6.58 Å². The number of nitrogens with zero attached hydrogens (tertiary/aromatic N) is 1. The zero-order valence-corrected chi connectivity index (χ0v) is 11.8. The van der Waals surface area contributed by atoms with Gasteiger partial charge >= 0.3 is 5.51 Å². The first-order valence-corrected chi connectivity index (χ1v) is 6.30. The third-order valence-corrected chi connectivity index (χ3v) is 2.55. The third-order valence-electron chi connectivity index (χ3n) is 1.98. The van der Waals surface area contributed by atoms with Crippen LogP contribution in [0.4, 0.5) is 13.2 Å². The number of amides is 1. The number of carbonyl (C=O) groups is 1. The number of halogens is 3. The van der Waals surface area contributed by atoms with Gasteiger partial charge in [-0.05, 0) is 6.08 Å². The number of alkyl halides is 3. The van der Waals surface area contributed by atoms with Gasteiger partial charge in [0.05, 0.1) is 21.1 Å². The Bertz CT molecular complexity index is 412. The summed E-state index contributed by atoms with van der Waals surface area (Å²) in [5.74, 6) is -0.120. The van der Waals surface area contributed by atoms with Gasteiger partial charge in [-0.2, -0.15) is 13.2 Å². The predicted molar refractivity (Wildman–Crippen MR) is 61.6 cm³/mol. The summed E-state index contributed by atoms with van der Waals surface area (Å²) < 4.78 is 59.6. The molecule has 0 heterocycles. The number of nitrogens with one attached hydrogen (secondary N) is 1. The molecule has 0 aromatic carbocycles. The summed E-state index contributed by atoms with van der Waals surface area (Å²) in [6.07, 6.45) is 1.40. The van der Waals surface area contributed by atoms with Crippen LogP contribution >= 0.6 is 0 Å². The van der Waals surface area contributed by atoms with Crippen LogP contribution in [0.1, 0.15) is 6.92 Å². The third kappa shape index (κ3) is 9.45. The molecule has 0 saturated heterocycles. The molecule has 0 aromatic heterocycles. The lowest BCUT2D eigenvalue weighted by Crippen LogP contribution is -2.53. The van der Waals surface area contributed by atoms with Gasteiger partial charge in [-0.15, -0.1) is 0 Å². The molecule has 0 rings (SSSR count). The van der Waals surface area contributed by atoms with Gasteiger partial charge in [0.1, 0.15) is 0 Å². The van der Waals surface area contributed by atoms with Gasteiger partial charge in [-0.25, -0.2) is 8.42 Å². The monoisotopic (exact) mass is 306 g/mol. The Morgan fingerprint density at radius 1 is 1.37 bits per heavy atom. The Morgan fingerprint density at radius 2 is 1.68 bits per heavy atom. The highest BCUT2D eigenvalue weighted by atomic mass is 32.2. The van der Waals surface area contributed by atoms with E-state index in [4.69, 9.17) is 13.0 Å². The van der Waals surface area contributed by atoms with E-state index in [1.165, 1.54) is 6.08 Å². The van der Waals surface area contributed by atoms with E-state index in [0.717, 1.165) is 0 Å². The summed E-state index contributed by atoms with van der Waals surface area (Å²) in [5, 5.41) is 2.78. The molecule has 6 nitrogen and oxygen atoms in total. The zero-order valence-electron chi connectivity index (χ0n) is 11.0. The summed E-state index contributed by atoms with van der Waals surface area (Å²) in [4.78, 5) is 10.8. The van der Waals surface area contributed by atoms with Crippen molar-refractivity contribution in [2.75, 3.05) is 21.1 Å². The molecule has 0 aromatic rings. The molecule has 0 saturated carbocycles. The van der Waals surface area contributed by atoms with E-state index in [0.29, 0.717) is 4.48 Å². The van der Waals surface area contributed by atoms with Crippen molar-refractivity contribution in [1.29, 1.82) is 0 Å². The summed E-state index contributed by atoms with van der Waals surface area (Å²) in [6.45, 7) is 5.34. The van der Waals surface area contributed by atoms with Gasteiger partial charge in [0, 0.05) is 6.92 Å². The predicted octanol–water partition coefficient (Wildman–Crippen LogP) is 0.392. The van der Waals surface area contributed by atoms with E-state index in [1.807, 2.05) is 28.1 Å². The fourth-order valence-corrected chi connectivity index (χ4v) is 0.458. The van der Waals surface area contributed by atoms with Crippen LogP contribution in [-0.4, -0.2) is 56.2 Å². The van der Waals surface area contributed by atoms with Crippen LogP contribution in [-0.2, 0) is 14.9 Å². The molecule has 1 unspecified atom stereocenters. The van der Waals surface area contributed by atoms with Gasteiger partial charge in [-0.3, -0.25) is 4.79 Å². The van der Waals surface area contributed by atoms with Crippen LogP contribution in [0.5, 0.6) is 0 Å². The number of quaternary nitrogens is 1. The summed E-state index contributed by atoms with van der Waals surface area (Å²) >= 11 is 0. The molecule has 0 aliphatic heterocycles. The number of carbonyl (C=O) groups excluding carboxylic acids is 1. The Kier molecular flexibility index (Phi) is 7.30. The molecule has 0 aliphatic carbocycles. The molecule has 19 heavy (non-hydrogen) atoms. The lowest BCUT2D eigenvalue weighted by Gasteiger charge is -2.31. The molecule has 0 aliphatic rings. The SMILES string of the molecule is C=CC(=O)NC(C)[N+](C)(C)C.O=S(=O)([O-])C(F)(F)F. The minimum Gasteiger partial charge on any atom is -0.741 e. The standard InChI is InChI=1S/C8H16N2O.CHF3O3S/c1-6-8(11)9-7(2)10(3,4)5;2-1(3,4)8(5,6)7/h6-7H,1H2,2-5H3;(H,5,6,7). The molecular formula is C9H17F3N2O4S. The highest BCUT2D eigenvalue weighted by Gasteiger charge is 2.36. The van der Waals surface area contributed by atoms with Crippen LogP contribution in [0.15, 0.2) is 12.7 Å². The molecule has 1 amide bonds. The largest absolute Gasteiger partial charge is 0.741 e. The van der Waals surface area contributed by atoms with Gasteiger partial charge in [0.25, 0.3) is 0 Å². The second kappa shape index (κ2) is 6.87. The average molecular weight is 306 g/mol. The maximum atomic E-state index is 10.8. The molecule has 1 atom stereocenters. The summed E-state index contributed by atoms with van der Waals surface area (Å²) in [6, 6.07) is 0. The van der Waals surface area contributed by atoms with Crippen molar-refractivity contribution >= 4 is 16.0 Å². The summed E-state index contributed by atoms with van der Waals surface area (Å²) in [5.41, 5.74) is -5.65. The summed E-state index contributed by atoms with van der Waals surface area (Å²) in [7, 11) is -0.0247. The Labute approximate surface area is 110 Å². The Morgan fingerprint density at radius 3 is 1.84 bits per heavy atom. The number of hydrogen-bond donors (Lipinski definition) is 1. The van der Waals surface area contributed by atoms with Gasteiger partial charge in [0.2, 0.25) is 5.91 Å². The van der Waals surface area contributed by atoms with Gasteiger partial charge < -0.3 is 14.4 Å². The zero-order chi connectivity index (χ0) is 16.1. The molecule has 0 bridgehead atoms. The fraction of sp³-hybridized carbons (Fsp3) is 0.667. The van der Waals surface area contributed by atoms with Crippen LogP contribution in [0.3, 0.4) is 0 Å². The molecule has 114 valence electrons. The molecule has 10 heteroatoms. The number of hydrogen-bond acceptors (Lipinski definition) is 4. The van der Waals surface area contributed by atoms with Crippen molar-refractivity contribution in [2.24, 2.45) is 0 Å². The minimum atomic E-state index is -6.09. The van der Waals surface area contributed by atoms with E-state index >= 15 is 0 Å². The van der Waals surface area contributed by atoms with E-state index in [2.05, 4.69) is 11.9 Å². The molecule has 1 N–H and O–H groups in total. The van der Waals surface area contributed by atoms with E-state index in [-0.39, 0.29) is 12.1 Å². The Balaban J connectivity index is 0. The van der Waals surface area contributed by atoms with Crippen molar-refractivity contribution in [3.8, 4) is 0 Å². The smallest absolute Gasteiger partial charge is 0.485 e. The second-order valence-corrected chi connectivity index (χ2v) is 5.78. The normalized spacial score (nSPS) is 13.9. The van der Waals surface area contributed by atoms with Crippen molar-refractivity contribution in [1.82, 2.24) is 5.32 Å². The molecule has 0 spiro atoms. The second-order valence-electron chi connectivity index (χ2n) is 4.40. The van der Waals surface area contributed by atoms with E-state index in [9.17, 15) is 18.0 Å². The van der Waals surface area contributed by atoms with Crippen molar-refractivity contribution < 1.29 is 35.4 Å². The molecular weight excluding hydrogens is 289 g/mol. The Hall–Kier alpha value is -1.13. The molecule has 0 fully saturated rings. The highest BCUT2D eigenvalue weighted by molar-refractivity contribution is 7.86. The fourth-order valence-electron chi connectivity index (χ4n) is 0.458. The van der Waals surface area contributed by atoms with Crippen molar-refractivity contribution in [3.05, 3.63) is 12.7 Å². The van der Waals surface area contributed by atoms with Crippen LogP contribution in [0, 0.1) is 0 Å². The maximum Gasteiger partial charge on any atom is 0.485 e. The first-order chi connectivity index (χ1) is 8.13. The highest BCUT2D eigenvalue weighted by Crippen LogP contribution is 2.20. The first kappa shape index (κ1) is 20.2.